The lowest BCUT2D eigenvalue weighted by molar-refractivity contribution is -0.141. The van der Waals surface area contributed by atoms with Crippen molar-refractivity contribution in [2.75, 3.05) is 6.61 Å². The number of H-pyrrole nitrogens is 2. The van der Waals surface area contributed by atoms with Crippen molar-refractivity contribution in [2.24, 2.45) is 0 Å². The number of nitrogens with zero attached hydrogens (tertiary/aromatic N) is 2. The summed E-state index contributed by atoms with van der Waals surface area (Å²) in [4.78, 5) is 12.1. The Bertz CT molecular complexity index is 838. The second-order valence-electron chi connectivity index (χ2n) is 4.79. The van der Waals surface area contributed by atoms with E-state index in [1.807, 2.05) is 5.10 Å². The molecule has 6 nitrogen and oxygen atoms in total. The predicted molar refractivity (Wildman–Crippen MR) is 73.7 cm³/mol. The molecule has 0 atom stereocenters. The average molecular weight is 324 g/mol. The van der Waals surface area contributed by atoms with Gasteiger partial charge in [-0.2, -0.15) is 23.4 Å². The second-order valence-corrected chi connectivity index (χ2v) is 4.79. The van der Waals surface area contributed by atoms with E-state index in [2.05, 4.69) is 15.3 Å². The molecule has 0 saturated carbocycles. The van der Waals surface area contributed by atoms with Crippen LogP contribution in [0.1, 0.15) is 21.6 Å². The van der Waals surface area contributed by atoms with Crippen LogP contribution in [0.4, 0.5) is 13.2 Å². The number of para-hydroxylation sites is 1. The summed E-state index contributed by atoms with van der Waals surface area (Å²) in [6.07, 6.45) is -1.97. The molecule has 1 aromatic carbocycles. The largest absolute Gasteiger partial charge is 0.462 e. The molecule has 0 aliphatic rings. The normalized spacial score (nSPS) is 11.8. The van der Waals surface area contributed by atoms with Gasteiger partial charge in [0.15, 0.2) is 0 Å². The summed E-state index contributed by atoms with van der Waals surface area (Å²) in [5.74, 6) is -0.628. The van der Waals surface area contributed by atoms with Gasteiger partial charge in [-0.15, -0.1) is 0 Å². The number of carbonyl (C=O) groups excluding carboxylic acids is 1. The number of hydrogen-bond acceptors (Lipinski definition) is 4. The van der Waals surface area contributed by atoms with Crippen molar-refractivity contribution in [1.82, 2.24) is 20.4 Å². The van der Waals surface area contributed by atoms with Gasteiger partial charge in [-0.25, -0.2) is 4.79 Å². The highest BCUT2D eigenvalue weighted by Gasteiger charge is 2.35. The highest BCUT2D eigenvalue weighted by molar-refractivity contribution is 6.02. The first-order valence-electron chi connectivity index (χ1n) is 6.65. The number of hydrogen-bond donors (Lipinski definition) is 2. The van der Waals surface area contributed by atoms with Crippen LogP contribution in [0.3, 0.4) is 0 Å². The maximum Gasteiger partial charge on any atom is 0.433 e. The number of nitrogens with one attached hydrogen (secondary N) is 2. The Hall–Kier alpha value is -2.84. The third-order valence-electron chi connectivity index (χ3n) is 3.30. The van der Waals surface area contributed by atoms with Gasteiger partial charge in [-0.05, 0) is 6.07 Å². The van der Waals surface area contributed by atoms with Gasteiger partial charge in [0, 0.05) is 17.4 Å². The molecule has 2 aromatic heterocycles. The molecule has 2 N–H and O–H groups in total. The van der Waals surface area contributed by atoms with Gasteiger partial charge in [-0.1, -0.05) is 12.1 Å². The van der Waals surface area contributed by atoms with E-state index < -0.39 is 17.8 Å². The van der Waals surface area contributed by atoms with Crippen LogP contribution in [0, 0.1) is 0 Å². The fourth-order valence-electron chi connectivity index (χ4n) is 2.22. The molecule has 0 fully saturated rings. The molecule has 0 aliphatic heterocycles. The van der Waals surface area contributed by atoms with E-state index in [1.165, 1.54) is 0 Å². The van der Waals surface area contributed by atoms with Gasteiger partial charge in [0.2, 0.25) is 0 Å². The molecule has 9 heteroatoms. The number of esters is 1. The van der Waals surface area contributed by atoms with E-state index in [0.29, 0.717) is 5.52 Å². The van der Waals surface area contributed by atoms with Gasteiger partial charge in [0.1, 0.15) is 5.69 Å². The molecule has 0 unspecified atom stereocenters. The van der Waals surface area contributed by atoms with Gasteiger partial charge < -0.3 is 4.74 Å². The lowest BCUT2D eigenvalue weighted by Gasteiger charge is -2.08. The van der Waals surface area contributed by atoms with Crippen LogP contribution >= 0.6 is 0 Å². The molecule has 0 bridgehead atoms. The van der Waals surface area contributed by atoms with E-state index in [0.717, 1.165) is 11.6 Å². The van der Waals surface area contributed by atoms with Gasteiger partial charge in [0.25, 0.3) is 0 Å². The van der Waals surface area contributed by atoms with Crippen molar-refractivity contribution in [3.8, 4) is 0 Å². The van der Waals surface area contributed by atoms with E-state index in [-0.39, 0.29) is 24.2 Å². The van der Waals surface area contributed by atoms with Gasteiger partial charge in [-0.3, -0.25) is 10.2 Å². The number of fused-ring (bicyclic) bond motifs is 1. The number of benzene rings is 1. The number of rotatable bonds is 4. The number of aromatic amines is 2. The summed E-state index contributed by atoms with van der Waals surface area (Å²) in [6.45, 7) is -0.189. The number of alkyl halides is 3. The van der Waals surface area contributed by atoms with Crippen molar-refractivity contribution < 1.29 is 22.7 Å². The Morgan fingerprint density at radius 2 is 1.96 bits per heavy atom. The first-order chi connectivity index (χ1) is 11.0. The summed E-state index contributed by atoms with van der Waals surface area (Å²) in [6, 6.07) is 5.00. The summed E-state index contributed by atoms with van der Waals surface area (Å²) in [5.41, 5.74) is -0.172. The maximum atomic E-state index is 12.7. The maximum absolute atomic E-state index is 12.7. The number of ether oxygens (including phenoxy) is 1. The molecular formula is C14H11F3N4O2. The minimum atomic E-state index is -4.52. The van der Waals surface area contributed by atoms with Gasteiger partial charge in [0.05, 0.1) is 30.1 Å². The third kappa shape index (κ3) is 3.03. The van der Waals surface area contributed by atoms with Gasteiger partial charge >= 0.3 is 12.1 Å². The first-order valence-corrected chi connectivity index (χ1v) is 6.65. The summed E-state index contributed by atoms with van der Waals surface area (Å²) in [7, 11) is 0. The lowest BCUT2D eigenvalue weighted by Crippen LogP contribution is -2.12. The number of halogens is 3. The van der Waals surface area contributed by atoms with Crippen LogP contribution in [-0.4, -0.2) is 33.0 Å². The average Bonchev–Trinajstić information content (AvgIpc) is 3.14. The topological polar surface area (TPSA) is 83.7 Å². The zero-order chi connectivity index (χ0) is 16.4. The Labute approximate surface area is 127 Å². The number of carbonyl (C=O) groups is 1. The quantitative estimate of drug-likeness (QED) is 0.723. The van der Waals surface area contributed by atoms with Crippen molar-refractivity contribution >= 4 is 16.9 Å². The zero-order valence-corrected chi connectivity index (χ0v) is 11.6. The van der Waals surface area contributed by atoms with E-state index in [1.54, 1.807) is 24.4 Å². The number of aromatic nitrogens is 4. The summed E-state index contributed by atoms with van der Waals surface area (Å²) < 4.78 is 43.1. The van der Waals surface area contributed by atoms with E-state index >= 15 is 0 Å². The molecule has 2 heterocycles. The lowest BCUT2D eigenvalue weighted by atomic mass is 10.1. The molecule has 0 spiro atoms. The highest BCUT2D eigenvalue weighted by atomic mass is 19.4. The van der Waals surface area contributed by atoms with Crippen molar-refractivity contribution in [3.63, 3.8) is 0 Å². The van der Waals surface area contributed by atoms with Crippen LogP contribution in [0.25, 0.3) is 10.9 Å². The zero-order valence-electron chi connectivity index (χ0n) is 11.6. The molecule has 23 heavy (non-hydrogen) atoms. The molecule has 0 amide bonds. The van der Waals surface area contributed by atoms with Crippen molar-refractivity contribution in [3.05, 3.63) is 47.4 Å². The van der Waals surface area contributed by atoms with Crippen molar-refractivity contribution in [2.45, 2.75) is 12.6 Å². The molecule has 3 aromatic rings. The summed E-state index contributed by atoms with van der Waals surface area (Å²) in [5, 5.41) is 12.6. The molecular weight excluding hydrogens is 313 g/mol. The minimum Gasteiger partial charge on any atom is -0.462 e. The molecule has 0 saturated heterocycles. The Morgan fingerprint density at radius 1 is 1.17 bits per heavy atom. The van der Waals surface area contributed by atoms with E-state index in [9.17, 15) is 18.0 Å². The van der Waals surface area contributed by atoms with Crippen LogP contribution in [-0.2, 0) is 17.3 Å². The first kappa shape index (κ1) is 15.1. The Balaban J connectivity index is 1.67. The van der Waals surface area contributed by atoms with Crippen LogP contribution in [0.15, 0.2) is 30.6 Å². The Morgan fingerprint density at radius 3 is 2.74 bits per heavy atom. The third-order valence-corrected chi connectivity index (χ3v) is 3.30. The molecule has 3 rings (SSSR count). The second kappa shape index (κ2) is 5.75. The smallest absolute Gasteiger partial charge is 0.433 e. The fourth-order valence-corrected chi connectivity index (χ4v) is 2.22. The molecule has 0 radical (unpaired) electrons. The standard InChI is InChI=1S/C14H11F3N4O2/c15-14(16,17)12-9(7-19-21-12)4-5-23-13(22)10-3-1-2-8-6-18-20-11(8)10/h1-3,6-7H,4-5H2,(H,18,20)(H,19,21). The minimum absolute atomic E-state index is 0.0509. The Kier molecular flexibility index (Phi) is 3.77. The molecule has 0 aliphatic carbocycles. The summed E-state index contributed by atoms with van der Waals surface area (Å²) >= 11 is 0. The van der Waals surface area contributed by atoms with Crippen molar-refractivity contribution in [1.29, 1.82) is 0 Å². The highest BCUT2D eigenvalue weighted by Crippen LogP contribution is 2.30. The van der Waals surface area contributed by atoms with Crippen LogP contribution < -0.4 is 0 Å². The van der Waals surface area contributed by atoms with Crippen LogP contribution in [0.5, 0.6) is 0 Å². The predicted octanol–water partition coefficient (Wildman–Crippen LogP) is 2.70. The van der Waals surface area contributed by atoms with Crippen LogP contribution in [0.2, 0.25) is 0 Å². The monoisotopic (exact) mass is 324 g/mol. The van der Waals surface area contributed by atoms with E-state index in [4.69, 9.17) is 4.74 Å². The SMILES string of the molecule is O=C(OCCc1cn[nH]c1C(F)(F)F)c1cccc2cn[nH]c12. The fraction of sp³-hybridized carbons (Fsp3) is 0.214. The molecule has 120 valence electrons.